The molecule has 20 heavy (non-hydrogen) atoms. The zero-order valence-electron chi connectivity index (χ0n) is 12.3. The Hall–Kier alpha value is -2.36. The van der Waals surface area contributed by atoms with Crippen LogP contribution in [0, 0.1) is 13.8 Å². The van der Waals surface area contributed by atoms with Gasteiger partial charge in [-0.1, -0.05) is 17.7 Å². The first-order chi connectivity index (χ1) is 9.52. The van der Waals surface area contributed by atoms with Crippen LogP contribution in [0.2, 0.25) is 0 Å². The van der Waals surface area contributed by atoms with E-state index in [1.165, 1.54) is 5.56 Å². The smallest absolute Gasteiger partial charge is 0.261 e. The van der Waals surface area contributed by atoms with E-state index in [9.17, 15) is 4.79 Å². The number of benzene rings is 1. The standard InChI is InChI=1S/C16H19N3O/c1-11-5-7-13(8-6-11)19(4)16(20)14-10-18-12(2)9-15(14)17-3/h5-10H,1-4H3,(H,17,18). The van der Waals surface area contributed by atoms with E-state index >= 15 is 0 Å². The first-order valence-corrected chi connectivity index (χ1v) is 6.52. The second kappa shape index (κ2) is 5.74. The van der Waals surface area contributed by atoms with Gasteiger partial charge in [-0.15, -0.1) is 0 Å². The lowest BCUT2D eigenvalue weighted by Crippen LogP contribution is -2.27. The van der Waals surface area contributed by atoms with Crippen molar-refractivity contribution in [2.45, 2.75) is 13.8 Å². The molecule has 1 N–H and O–H groups in total. The van der Waals surface area contributed by atoms with Gasteiger partial charge >= 0.3 is 0 Å². The highest BCUT2D eigenvalue weighted by molar-refractivity contribution is 6.09. The van der Waals surface area contributed by atoms with Crippen LogP contribution in [0.15, 0.2) is 36.5 Å². The van der Waals surface area contributed by atoms with Crippen LogP contribution in [0.5, 0.6) is 0 Å². The minimum atomic E-state index is -0.0781. The van der Waals surface area contributed by atoms with E-state index in [0.29, 0.717) is 5.56 Å². The van der Waals surface area contributed by atoms with Crippen LogP contribution in [-0.2, 0) is 0 Å². The predicted molar refractivity (Wildman–Crippen MR) is 82.4 cm³/mol. The molecule has 1 aromatic carbocycles. The molecular formula is C16H19N3O. The Labute approximate surface area is 119 Å². The quantitative estimate of drug-likeness (QED) is 0.931. The number of pyridine rings is 1. The Bertz CT molecular complexity index is 620. The number of anilines is 2. The molecule has 1 aromatic heterocycles. The van der Waals surface area contributed by atoms with Gasteiger partial charge in [0.2, 0.25) is 0 Å². The third-order valence-electron chi connectivity index (χ3n) is 3.27. The van der Waals surface area contributed by atoms with Crippen molar-refractivity contribution in [3.8, 4) is 0 Å². The van der Waals surface area contributed by atoms with Crippen molar-refractivity contribution in [3.63, 3.8) is 0 Å². The number of hydrogen-bond acceptors (Lipinski definition) is 3. The summed E-state index contributed by atoms with van der Waals surface area (Å²) in [5.74, 6) is -0.0781. The molecule has 0 atom stereocenters. The van der Waals surface area contributed by atoms with Gasteiger partial charge in [0.05, 0.1) is 11.3 Å². The average molecular weight is 269 g/mol. The molecule has 0 radical (unpaired) electrons. The highest BCUT2D eigenvalue weighted by atomic mass is 16.2. The monoisotopic (exact) mass is 269 g/mol. The number of aromatic nitrogens is 1. The molecule has 2 aromatic rings. The molecule has 2 rings (SSSR count). The molecule has 0 aliphatic rings. The Kier molecular flexibility index (Phi) is 4.03. The third-order valence-corrected chi connectivity index (χ3v) is 3.27. The van der Waals surface area contributed by atoms with Crippen LogP contribution in [-0.4, -0.2) is 25.0 Å². The maximum Gasteiger partial charge on any atom is 0.261 e. The normalized spacial score (nSPS) is 10.2. The zero-order valence-corrected chi connectivity index (χ0v) is 12.3. The van der Waals surface area contributed by atoms with Gasteiger partial charge in [0.25, 0.3) is 5.91 Å². The second-order valence-corrected chi connectivity index (χ2v) is 4.82. The van der Waals surface area contributed by atoms with E-state index in [2.05, 4.69) is 10.3 Å². The number of amides is 1. The summed E-state index contributed by atoms with van der Waals surface area (Å²) in [6.45, 7) is 3.92. The maximum atomic E-state index is 12.6. The fourth-order valence-corrected chi connectivity index (χ4v) is 2.00. The van der Waals surface area contributed by atoms with Gasteiger partial charge in [0, 0.05) is 31.7 Å². The Morgan fingerprint density at radius 3 is 2.45 bits per heavy atom. The summed E-state index contributed by atoms with van der Waals surface area (Å²) >= 11 is 0. The van der Waals surface area contributed by atoms with Gasteiger partial charge < -0.3 is 10.2 Å². The third kappa shape index (κ3) is 2.79. The first-order valence-electron chi connectivity index (χ1n) is 6.52. The second-order valence-electron chi connectivity index (χ2n) is 4.82. The van der Waals surface area contributed by atoms with Crippen molar-refractivity contribution in [3.05, 3.63) is 53.3 Å². The zero-order chi connectivity index (χ0) is 14.7. The summed E-state index contributed by atoms with van der Waals surface area (Å²) in [5.41, 5.74) is 4.28. The van der Waals surface area contributed by atoms with Crippen molar-refractivity contribution >= 4 is 17.3 Å². The van der Waals surface area contributed by atoms with Crippen LogP contribution in [0.1, 0.15) is 21.6 Å². The van der Waals surface area contributed by atoms with E-state index in [4.69, 9.17) is 0 Å². The molecule has 4 nitrogen and oxygen atoms in total. The van der Waals surface area contributed by atoms with Crippen LogP contribution >= 0.6 is 0 Å². The molecule has 0 unspecified atom stereocenters. The van der Waals surface area contributed by atoms with Crippen LogP contribution < -0.4 is 10.2 Å². The summed E-state index contributed by atoms with van der Waals surface area (Å²) < 4.78 is 0. The fraction of sp³-hybridized carbons (Fsp3) is 0.250. The minimum Gasteiger partial charge on any atom is -0.387 e. The van der Waals surface area contributed by atoms with Crippen LogP contribution in [0.4, 0.5) is 11.4 Å². The number of nitrogens with zero attached hydrogens (tertiary/aromatic N) is 2. The lowest BCUT2D eigenvalue weighted by Gasteiger charge is -2.19. The van der Waals surface area contributed by atoms with E-state index in [1.54, 1.807) is 25.2 Å². The molecule has 0 aliphatic carbocycles. The molecule has 4 heteroatoms. The fourth-order valence-electron chi connectivity index (χ4n) is 2.00. The van der Waals surface area contributed by atoms with Gasteiger partial charge in [-0.3, -0.25) is 9.78 Å². The van der Waals surface area contributed by atoms with Crippen molar-refractivity contribution < 1.29 is 4.79 Å². The molecule has 0 spiro atoms. The van der Waals surface area contributed by atoms with Gasteiger partial charge in [-0.05, 0) is 32.0 Å². The van der Waals surface area contributed by atoms with Gasteiger partial charge in [0.15, 0.2) is 0 Å². The predicted octanol–water partition coefficient (Wildman–Crippen LogP) is 3.02. The van der Waals surface area contributed by atoms with Crippen molar-refractivity contribution in [1.29, 1.82) is 0 Å². The van der Waals surface area contributed by atoms with Crippen LogP contribution in [0.3, 0.4) is 0 Å². The highest BCUT2D eigenvalue weighted by Gasteiger charge is 2.17. The summed E-state index contributed by atoms with van der Waals surface area (Å²) in [6, 6.07) is 9.73. The summed E-state index contributed by atoms with van der Waals surface area (Å²) in [4.78, 5) is 18.4. The topological polar surface area (TPSA) is 45.2 Å². The highest BCUT2D eigenvalue weighted by Crippen LogP contribution is 2.21. The van der Waals surface area contributed by atoms with E-state index in [1.807, 2.05) is 44.2 Å². The van der Waals surface area contributed by atoms with E-state index in [-0.39, 0.29) is 5.91 Å². The molecule has 0 aliphatic heterocycles. The van der Waals surface area contributed by atoms with Gasteiger partial charge in [-0.25, -0.2) is 0 Å². The molecule has 0 fully saturated rings. The van der Waals surface area contributed by atoms with E-state index < -0.39 is 0 Å². The summed E-state index contributed by atoms with van der Waals surface area (Å²) in [7, 11) is 3.57. The maximum absolute atomic E-state index is 12.6. The lowest BCUT2D eigenvalue weighted by atomic mass is 10.1. The molecule has 0 saturated heterocycles. The van der Waals surface area contributed by atoms with Gasteiger partial charge in [-0.2, -0.15) is 0 Å². The van der Waals surface area contributed by atoms with Crippen molar-refractivity contribution in [1.82, 2.24) is 4.98 Å². The molecule has 1 amide bonds. The number of hydrogen-bond donors (Lipinski definition) is 1. The minimum absolute atomic E-state index is 0.0781. The van der Waals surface area contributed by atoms with Crippen molar-refractivity contribution in [2.24, 2.45) is 0 Å². The summed E-state index contributed by atoms with van der Waals surface area (Å²) in [5, 5.41) is 3.05. The average Bonchev–Trinajstić information content (AvgIpc) is 2.46. The number of nitrogens with one attached hydrogen (secondary N) is 1. The molecule has 0 bridgehead atoms. The van der Waals surface area contributed by atoms with Gasteiger partial charge in [0.1, 0.15) is 0 Å². The first kappa shape index (κ1) is 14.1. The van der Waals surface area contributed by atoms with E-state index in [0.717, 1.165) is 17.1 Å². The Balaban J connectivity index is 2.33. The molecule has 1 heterocycles. The number of carbonyl (C=O) groups excluding carboxylic acids is 1. The largest absolute Gasteiger partial charge is 0.387 e. The number of rotatable bonds is 3. The molecule has 0 saturated carbocycles. The molecular weight excluding hydrogens is 250 g/mol. The number of aryl methyl sites for hydroxylation is 2. The number of carbonyl (C=O) groups is 1. The Morgan fingerprint density at radius 1 is 1.20 bits per heavy atom. The summed E-state index contributed by atoms with van der Waals surface area (Å²) in [6.07, 6.45) is 1.62. The lowest BCUT2D eigenvalue weighted by molar-refractivity contribution is 0.0993. The van der Waals surface area contributed by atoms with Crippen LogP contribution in [0.25, 0.3) is 0 Å². The molecule has 104 valence electrons. The SMILES string of the molecule is CNc1cc(C)ncc1C(=O)N(C)c1ccc(C)cc1. The van der Waals surface area contributed by atoms with Crippen molar-refractivity contribution in [2.75, 3.05) is 24.3 Å². The Morgan fingerprint density at radius 2 is 1.85 bits per heavy atom.